The highest BCUT2D eigenvalue weighted by atomic mass is 28.2. The van der Waals surface area contributed by atoms with Crippen LogP contribution in [0.5, 0.6) is 0 Å². The van der Waals surface area contributed by atoms with Crippen LogP contribution in [-0.4, -0.2) is 27.5 Å². The molecule has 2 heterocycles. The van der Waals surface area contributed by atoms with Gasteiger partial charge in [0.05, 0.1) is 0 Å². The van der Waals surface area contributed by atoms with Gasteiger partial charge < -0.3 is 10.6 Å². The van der Waals surface area contributed by atoms with E-state index in [1.54, 1.807) is 6.04 Å². The van der Waals surface area contributed by atoms with Crippen molar-refractivity contribution in [2.75, 3.05) is 13.1 Å². The summed E-state index contributed by atoms with van der Waals surface area (Å²) in [6.45, 7) is 8.83. The maximum atomic E-state index is 5.38. The van der Waals surface area contributed by atoms with E-state index in [1.807, 2.05) is 36.7 Å². The largest absolute Gasteiger partial charge is 0.353 e. The van der Waals surface area contributed by atoms with E-state index in [4.69, 9.17) is 5.73 Å². The summed E-state index contributed by atoms with van der Waals surface area (Å²) in [5, 5.41) is 0.805. The summed E-state index contributed by atoms with van der Waals surface area (Å²) in [5.41, 5.74) is 5.38. The third kappa shape index (κ3) is 6.22. The van der Waals surface area contributed by atoms with Gasteiger partial charge in [-0.1, -0.05) is 39.0 Å². The SMILES string of the molecule is CC1C[SiH2]C(C)(C)C1.NCCN1C=CC=CC=C1. The Kier molecular flexibility index (Phi) is 6.43. The number of rotatable bonds is 2. The Morgan fingerprint density at radius 2 is 1.83 bits per heavy atom. The fraction of sp³-hybridized carbons (Fsp3) is 0.600. The Hall–Kier alpha value is -0.803. The number of allylic oxidation sites excluding steroid dienone is 4. The van der Waals surface area contributed by atoms with Crippen molar-refractivity contribution in [1.29, 1.82) is 0 Å². The van der Waals surface area contributed by atoms with Crippen LogP contribution in [0.1, 0.15) is 27.2 Å². The molecule has 2 nitrogen and oxygen atoms in total. The molecule has 1 unspecified atom stereocenters. The summed E-state index contributed by atoms with van der Waals surface area (Å²) in [7, 11) is 0.324. The van der Waals surface area contributed by atoms with E-state index in [0.29, 0.717) is 16.1 Å². The van der Waals surface area contributed by atoms with Gasteiger partial charge in [0.15, 0.2) is 0 Å². The summed E-state index contributed by atoms with van der Waals surface area (Å²) in [6, 6.07) is 1.59. The van der Waals surface area contributed by atoms with Gasteiger partial charge in [0.2, 0.25) is 0 Å². The Balaban J connectivity index is 0.000000184. The molecule has 0 amide bonds. The van der Waals surface area contributed by atoms with E-state index < -0.39 is 0 Å². The van der Waals surface area contributed by atoms with Crippen LogP contribution in [0.15, 0.2) is 36.7 Å². The topological polar surface area (TPSA) is 29.3 Å². The third-order valence-electron chi connectivity index (χ3n) is 3.49. The molecule has 0 radical (unpaired) electrons. The minimum Gasteiger partial charge on any atom is -0.353 e. The highest BCUT2D eigenvalue weighted by Gasteiger charge is 2.28. The van der Waals surface area contributed by atoms with Gasteiger partial charge in [-0.05, 0) is 29.5 Å². The van der Waals surface area contributed by atoms with Crippen molar-refractivity contribution in [3.8, 4) is 0 Å². The first kappa shape index (κ1) is 15.3. The number of nitrogens with zero attached hydrogens (tertiary/aromatic N) is 1. The molecule has 0 aliphatic carbocycles. The van der Waals surface area contributed by atoms with E-state index >= 15 is 0 Å². The van der Waals surface area contributed by atoms with Crippen molar-refractivity contribution in [3.63, 3.8) is 0 Å². The molecule has 0 aromatic rings. The predicted molar refractivity (Wildman–Crippen MR) is 84.4 cm³/mol. The Morgan fingerprint density at radius 3 is 2.17 bits per heavy atom. The first-order chi connectivity index (χ1) is 8.53. The smallest absolute Gasteiger partial charge is 0.0342 e. The van der Waals surface area contributed by atoms with E-state index in [-0.39, 0.29) is 0 Å². The van der Waals surface area contributed by atoms with Crippen LogP contribution in [0.4, 0.5) is 0 Å². The molecule has 2 aliphatic rings. The molecule has 18 heavy (non-hydrogen) atoms. The van der Waals surface area contributed by atoms with Gasteiger partial charge in [0.1, 0.15) is 0 Å². The van der Waals surface area contributed by atoms with Crippen molar-refractivity contribution in [2.45, 2.75) is 38.3 Å². The van der Waals surface area contributed by atoms with Crippen LogP contribution in [-0.2, 0) is 0 Å². The molecule has 0 bridgehead atoms. The van der Waals surface area contributed by atoms with Gasteiger partial charge in [0.25, 0.3) is 0 Å². The van der Waals surface area contributed by atoms with Gasteiger partial charge in [-0.25, -0.2) is 0 Å². The van der Waals surface area contributed by atoms with Crippen molar-refractivity contribution in [2.24, 2.45) is 11.7 Å². The Labute approximate surface area is 114 Å². The van der Waals surface area contributed by atoms with E-state index in [9.17, 15) is 0 Å². The van der Waals surface area contributed by atoms with Gasteiger partial charge >= 0.3 is 0 Å². The van der Waals surface area contributed by atoms with Gasteiger partial charge in [-0.2, -0.15) is 0 Å². The molecule has 1 atom stereocenters. The number of hydrogen-bond acceptors (Lipinski definition) is 2. The minimum atomic E-state index is 0.324. The maximum Gasteiger partial charge on any atom is 0.0342 e. The molecule has 2 N–H and O–H groups in total. The average molecular weight is 264 g/mol. The molecule has 0 spiro atoms. The standard InChI is InChI=1S/C8H12N2.C7H16Si/c9-5-8-10-6-3-1-2-4-7-10;1-6-4-7(2,3)8-5-6/h1-4,6-7H,5,8-9H2;6H,4-5,8H2,1-3H3. The zero-order chi connectivity index (χ0) is 13.4. The molecule has 1 fully saturated rings. The van der Waals surface area contributed by atoms with Crippen LogP contribution in [0.25, 0.3) is 0 Å². The van der Waals surface area contributed by atoms with Gasteiger partial charge in [0, 0.05) is 35.0 Å². The molecule has 3 heteroatoms. The third-order valence-corrected chi connectivity index (χ3v) is 6.41. The van der Waals surface area contributed by atoms with Crippen LogP contribution in [0.3, 0.4) is 0 Å². The monoisotopic (exact) mass is 264 g/mol. The zero-order valence-electron chi connectivity index (χ0n) is 12.1. The highest BCUT2D eigenvalue weighted by molar-refractivity contribution is 6.40. The van der Waals surface area contributed by atoms with Crippen molar-refractivity contribution >= 4 is 9.52 Å². The Bertz CT molecular complexity index is 302. The first-order valence-corrected chi connectivity index (χ1v) is 8.72. The fourth-order valence-electron chi connectivity index (χ4n) is 2.58. The molecule has 102 valence electrons. The number of nitrogens with two attached hydrogens (primary N) is 1. The van der Waals surface area contributed by atoms with Crippen molar-refractivity contribution in [1.82, 2.24) is 4.90 Å². The van der Waals surface area contributed by atoms with E-state index in [0.717, 1.165) is 17.5 Å². The maximum absolute atomic E-state index is 5.38. The summed E-state index contributed by atoms with van der Waals surface area (Å²) in [4.78, 5) is 2.06. The second-order valence-electron chi connectivity index (χ2n) is 6.11. The second kappa shape index (κ2) is 7.59. The first-order valence-electron chi connectivity index (χ1n) is 7.01. The molecular weight excluding hydrogens is 236 g/mol. The molecule has 1 saturated heterocycles. The van der Waals surface area contributed by atoms with E-state index in [1.165, 1.54) is 6.42 Å². The summed E-state index contributed by atoms with van der Waals surface area (Å²) >= 11 is 0. The van der Waals surface area contributed by atoms with Crippen molar-refractivity contribution < 1.29 is 0 Å². The lowest BCUT2D eigenvalue weighted by atomic mass is 10.0. The quantitative estimate of drug-likeness (QED) is 0.777. The molecule has 0 aromatic heterocycles. The van der Waals surface area contributed by atoms with Crippen LogP contribution < -0.4 is 5.73 Å². The molecule has 0 saturated carbocycles. The zero-order valence-corrected chi connectivity index (χ0v) is 13.5. The molecule has 0 aromatic carbocycles. The normalized spacial score (nSPS) is 26.0. The lowest BCUT2D eigenvalue weighted by Crippen LogP contribution is -2.19. The lowest BCUT2D eigenvalue weighted by Gasteiger charge is -2.14. The van der Waals surface area contributed by atoms with E-state index in [2.05, 4.69) is 25.7 Å². The predicted octanol–water partition coefficient (Wildman–Crippen LogP) is 2.66. The summed E-state index contributed by atoms with van der Waals surface area (Å²) < 4.78 is 0. The van der Waals surface area contributed by atoms with Crippen LogP contribution in [0, 0.1) is 5.92 Å². The number of hydrogen-bond donors (Lipinski definition) is 1. The average Bonchev–Trinajstić information content (AvgIpc) is 2.54. The minimum absolute atomic E-state index is 0.324. The summed E-state index contributed by atoms with van der Waals surface area (Å²) in [6.07, 6.45) is 13.5. The molecule has 2 aliphatic heterocycles. The van der Waals surface area contributed by atoms with Gasteiger partial charge in [-0.3, -0.25) is 0 Å². The van der Waals surface area contributed by atoms with Gasteiger partial charge in [-0.15, -0.1) is 0 Å². The summed E-state index contributed by atoms with van der Waals surface area (Å²) in [5.74, 6) is 1.05. The Morgan fingerprint density at radius 1 is 1.22 bits per heavy atom. The fourth-order valence-corrected chi connectivity index (χ4v) is 4.76. The lowest BCUT2D eigenvalue weighted by molar-refractivity contribution is 0.517. The van der Waals surface area contributed by atoms with Crippen LogP contribution >= 0.6 is 0 Å². The molecule has 2 rings (SSSR count). The van der Waals surface area contributed by atoms with Crippen LogP contribution in [0.2, 0.25) is 11.1 Å². The highest BCUT2D eigenvalue weighted by Crippen LogP contribution is 2.40. The molecular formula is C15H28N2Si. The van der Waals surface area contributed by atoms with Crippen molar-refractivity contribution in [3.05, 3.63) is 36.7 Å². The second-order valence-corrected chi connectivity index (χ2v) is 9.10.